The molecule has 0 saturated heterocycles. The molecule has 1 nitrogen and oxygen atoms in total. The van der Waals surface area contributed by atoms with E-state index in [0.717, 1.165) is 11.5 Å². The molecular formula is C42H24O. The summed E-state index contributed by atoms with van der Waals surface area (Å²) in [5.74, 6) is 1.87. The number of hydrogen-bond acceptors (Lipinski definition) is 1. The largest absolute Gasteiger partial charge is 0.456 e. The van der Waals surface area contributed by atoms with E-state index in [4.69, 9.17) is 4.74 Å². The van der Waals surface area contributed by atoms with Crippen molar-refractivity contribution in [3.8, 4) is 33.8 Å². The number of hydrogen-bond donors (Lipinski definition) is 0. The molecule has 0 amide bonds. The molecule has 0 radical (unpaired) electrons. The van der Waals surface area contributed by atoms with Gasteiger partial charge in [-0.3, -0.25) is 0 Å². The SMILES string of the molecule is c1cc(-c2c3ccccc3cc3c2ccc2ccccc23)cc(-c2ccc3c4c2ccc2ccc5cccc(c5c24)O3)c1. The summed E-state index contributed by atoms with van der Waals surface area (Å²) in [4.78, 5) is 0. The monoisotopic (exact) mass is 544 g/mol. The fraction of sp³-hybridized carbons (Fsp3) is 0. The summed E-state index contributed by atoms with van der Waals surface area (Å²) in [6, 6.07) is 53.2. The highest BCUT2D eigenvalue weighted by atomic mass is 16.5. The Balaban J connectivity index is 1.26. The average molecular weight is 545 g/mol. The second-order valence-electron chi connectivity index (χ2n) is 11.7. The molecule has 0 atom stereocenters. The normalized spacial score (nSPS) is 12.4. The Bertz CT molecular complexity index is 2640. The maximum Gasteiger partial charge on any atom is 0.135 e. The Morgan fingerprint density at radius 2 is 1.00 bits per heavy atom. The third kappa shape index (κ3) is 3.17. The third-order valence-electron chi connectivity index (χ3n) is 9.38. The molecule has 43 heavy (non-hydrogen) atoms. The maximum atomic E-state index is 6.50. The van der Waals surface area contributed by atoms with Gasteiger partial charge < -0.3 is 4.74 Å². The minimum Gasteiger partial charge on any atom is -0.456 e. The molecule has 1 heteroatoms. The first kappa shape index (κ1) is 23.0. The van der Waals surface area contributed by atoms with Gasteiger partial charge in [0.05, 0.1) is 0 Å². The van der Waals surface area contributed by atoms with Crippen molar-refractivity contribution in [3.63, 3.8) is 0 Å². The fourth-order valence-corrected chi connectivity index (χ4v) is 7.49. The van der Waals surface area contributed by atoms with Crippen LogP contribution in [0.3, 0.4) is 0 Å². The Kier molecular flexibility index (Phi) is 4.51. The lowest BCUT2D eigenvalue weighted by molar-refractivity contribution is 0.493. The van der Waals surface area contributed by atoms with Gasteiger partial charge in [-0.1, -0.05) is 121 Å². The highest BCUT2D eigenvalue weighted by Crippen LogP contribution is 2.49. The molecule has 1 heterocycles. The Hall–Kier alpha value is -5.66. The van der Waals surface area contributed by atoms with Crippen molar-refractivity contribution in [1.82, 2.24) is 0 Å². The Morgan fingerprint density at radius 3 is 1.93 bits per heavy atom. The average Bonchev–Trinajstić information content (AvgIpc) is 3.07. The predicted octanol–water partition coefficient (Wildman–Crippen LogP) is 12.0. The first-order valence-electron chi connectivity index (χ1n) is 14.8. The predicted molar refractivity (Wildman–Crippen MR) is 182 cm³/mol. The van der Waals surface area contributed by atoms with E-state index in [1.165, 1.54) is 86.9 Å². The zero-order chi connectivity index (χ0) is 28.1. The van der Waals surface area contributed by atoms with Crippen molar-refractivity contribution in [1.29, 1.82) is 0 Å². The van der Waals surface area contributed by atoms with Crippen LogP contribution in [0.4, 0.5) is 0 Å². The van der Waals surface area contributed by atoms with E-state index in [0.29, 0.717) is 0 Å². The number of fused-ring (bicyclic) bond motifs is 4. The van der Waals surface area contributed by atoms with Crippen molar-refractivity contribution in [2.75, 3.05) is 0 Å². The topological polar surface area (TPSA) is 9.23 Å². The zero-order valence-corrected chi connectivity index (χ0v) is 23.3. The van der Waals surface area contributed by atoms with Gasteiger partial charge in [0.2, 0.25) is 0 Å². The molecule has 0 spiro atoms. The first-order valence-corrected chi connectivity index (χ1v) is 14.8. The van der Waals surface area contributed by atoms with Gasteiger partial charge in [-0.15, -0.1) is 0 Å². The molecule has 1 aliphatic heterocycles. The van der Waals surface area contributed by atoms with Crippen molar-refractivity contribution in [2.45, 2.75) is 0 Å². The molecule has 9 aromatic carbocycles. The van der Waals surface area contributed by atoms with Gasteiger partial charge in [0.1, 0.15) is 11.5 Å². The molecule has 0 saturated carbocycles. The molecule has 0 unspecified atom stereocenters. The van der Waals surface area contributed by atoms with Crippen LogP contribution in [-0.4, -0.2) is 0 Å². The van der Waals surface area contributed by atoms with Crippen LogP contribution in [0.15, 0.2) is 146 Å². The van der Waals surface area contributed by atoms with E-state index in [1.807, 2.05) is 0 Å². The summed E-state index contributed by atoms with van der Waals surface area (Å²) in [6.07, 6.45) is 0. The molecule has 198 valence electrons. The smallest absolute Gasteiger partial charge is 0.135 e. The lowest BCUT2D eigenvalue weighted by atomic mass is 9.87. The van der Waals surface area contributed by atoms with Crippen molar-refractivity contribution in [2.24, 2.45) is 0 Å². The number of ether oxygens (including phenoxy) is 1. The standard InChI is InChI=1S/C42H24O/c1-3-12-31-25(7-1)17-19-35-36(31)24-29-8-2-4-13-33(29)39(35)30-11-5-10-28(23-30)32-21-22-38-42-34(32)20-18-27-16-15-26-9-6-14-37(43-38)40(26)41(27)42/h1-24H. The maximum absolute atomic E-state index is 6.50. The summed E-state index contributed by atoms with van der Waals surface area (Å²) in [7, 11) is 0. The van der Waals surface area contributed by atoms with Crippen LogP contribution >= 0.6 is 0 Å². The van der Waals surface area contributed by atoms with Gasteiger partial charge in [-0.05, 0) is 95.0 Å². The van der Waals surface area contributed by atoms with E-state index in [9.17, 15) is 0 Å². The lowest BCUT2D eigenvalue weighted by Crippen LogP contribution is -1.96. The Morgan fingerprint density at radius 1 is 0.326 bits per heavy atom. The summed E-state index contributed by atoms with van der Waals surface area (Å²) in [5.41, 5.74) is 4.93. The molecule has 9 aromatic rings. The zero-order valence-electron chi connectivity index (χ0n) is 23.3. The van der Waals surface area contributed by atoms with Crippen molar-refractivity contribution >= 4 is 64.6 Å². The van der Waals surface area contributed by atoms with Gasteiger partial charge >= 0.3 is 0 Å². The lowest BCUT2D eigenvalue weighted by Gasteiger charge is -2.22. The summed E-state index contributed by atoms with van der Waals surface area (Å²) < 4.78 is 6.50. The molecule has 0 fully saturated rings. The molecule has 0 bridgehead atoms. The van der Waals surface area contributed by atoms with E-state index in [-0.39, 0.29) is 0 Å². The molecular weight excluding hydrogens is 520 g/mol. The van der Waals surface area contributed by atoms with Gasteiger partial charge in [0, 0.05) is 16.2 Å². The van der Waals surface area contributed by atoms with Crippen molar-refractivity contribution < 1.29 is 4.74 Å². The minimum absolute atomic E-state index is 0.929. The molecule has 0 aliphatic carbocycles. The molecule has 0 N–H and O–H groups in total. The molecule has 10 rings (SSSR count). The van der Waals surface area contributed by atoms with Crippen LogP contribution in [0, 0.1) is 0 Å². The molecule has 1 aliphatic rings. The second-order valence-corrected chi connectivity index (χ2v) is 11.7. The summed E-state index contributed by atoms with van der Waals surface area (Å²) in [6.45, 7) is 0. The highest BCUT2D eigenvalue weighted by molar-refractivity contribution is 6.27. The van der Waals surface area contributed by atoms with Crippen LogP contribution in [0.5, 0.6) is 11.5 Å². The summed E-state index contributed by atoms with van der Waals surface area (Å²) >= 11 is 0. The molecule has 0 aromatic heterocycles. The van der Waals surface area contributed by atoms with Crippen molar-refractivity contribution in [3.05, 3.63) is 146 Å². The summed E-state index contributed by atoms with van der Waals surface area (Å²) in [5, 5.41) is 15.0. The van der Waals surface area contributed by atoms with E-state index >= 15 is 0 Å². The van der Waals surface area contributed by atoms with Crippen LogP contribution in [0.1, 0.15) is 0 Å². The van der Waals surface area contributed by atoms with E-state index in [1.54, 1.807) is 0 Å². The van der Waals surface area contributed by atoms with Crippen LogP contribution in [0.2, 0.25) is 0 Å². The van der Waals surface area contributed by atoms with Gasteiger partial charge in [-0.2, -0.15) is 0 Å². The van der Waals surface area contributed by atoms with Gasteiger partial charge in [0.25, 0.3) is 0 Å². The number of rotatable bonds is 2. The van der Waals surface area contributed by atoms with Crippen LogP contribution in [0.25, 0.3) is 86.9 Å². The third-order valence-corrected chi connectivity index (χ3v) is 9.38. The number of benzene rings is 9. The van der Waals surface area contributed by atoms with E-state index in [2.05, 4.69) is 146 Å². The first-order chi connectivity index (χ1) is 21.3. The van der Waals surface area contributed by atoms with Crippen LogP contribution in [-0.2, 0) is 0 Å². The van der Waals surface area contributed by atoms with Crippen LogP contribution < -0.4 is 4.74 Å². The van der Waals surface area contributed by atoms with Gasteiger partial charge in [-0.25, -0.2) is 0 Å². The van der Waals surface area contributed by atoms with Gasteiger partial charge in [0.15, 0.2) is 0 Å². The quantitative estimate of drug-likeness (QED) is 0.155. The highest BCUT2D eigenvalue weighted by Gasteiger charge is 2.21. The Labute approximate surface area is 248 Å². The van der Waals surface area contributed by atoms with E-state index < -0.39 is 0 Å². The minimum atomic E-state index is 0.929. The fourth-order valence-electron chi connectivity index (χ4n) is 7.49. The second kappa shape index (κ2) is 8.44.